The maximum Gasteiger partial charge on any atom is 0.333 e. The van der Waals surface area contributed by atoms with Crippen LogP contribution in [0.3, 0.4) is 0 Å². The van der Waals surface area contributed by atoms with Crippen LogP contribution in [0.1, 0.15) is 24.0 Å². The SMILES string of the molecule is COC(=O)/C1=C/c2cc(Br)ccc2N(Cc2ccc(OC)cc2)CCC1. The van der Waals surface area contributed by atoms with Crippen molar-refractivity contribution in [2.75, 3.05) is 25.7 Å². The number of anilines is 1. The fourth-order valence-corrected chi connectivity index (χ4v) is 3.56. The smallest absolute Gasteiger partial charge is 0.333 e. The summed E-state index contributed by atoms with van der Waals surface area (Å²) in [5, 5.41) is 0. The predicted molar refractivity (Wildman–Crippen MR) is 107 cm³/mol. The molecule has 26 heavy (non-hydrogen) atoms. The van der Waals surface area contributed by atoms with Crippen LogP contribution in [0.2, 0.25) is 0 Å². The minimum absolute atomic E-state index is 0.250. The molecule has 1 aliphatic rings. The summed E-state index contributed by atoms with van der Waals surface area (Å²) in [4.78, 5) is 14.4. The Balaban J connectivity index is 1.94. The van der Waals surface area contributed by atoms with E-state index in [4.69, 9.17) is 9.47 Å². The molecule has 0 bridgehead atoms. The quantitative estimate of drug-likeness (QED) is 0.671. The zero-order chi connectivity index (χ0) is 18.5. The molecule has 0 spiro atoms. The van der Waals surface area contributed by atoms with Crippen LogP contribution in [0.25, 0.3) is 6.08 Å². The molecule has 1 aliphatic heterocycles. The van der Waals surface area contributed by atoms with Gasteiger partial charge >= 0.3 is 5.97 Å². The zero-order valence-corrected chi connectivity index (χ0v) is 16.6. The van der Waals surface area contributed by atoms with Gasteiger partial charge in [0.1, 0.15) is 5.75 Å². The number of rotatable bonds is 4. The number of ether oxygens (including phenoxy) is 2. The number of fused-ring (bicyclic) bond motifs is 1. The summed E-state index contributed by atoms with van der Waals surface area (Å²) in [6, 6.07) is 14.3. The van der Waals surface area contributed by atoms with Gasteiger partial charge in [-0.25, -0.2) is 4.79 Å². The summed E-state index contributed by atoms with van der Waals surface area (Å²) in [7, 11) is 3.10. The van der Waals surface area contributed by atoms with Crippen molar-refractivity contribution in [3.05, 3.63) is 63.6 Å². The molecule has 4 nitrogen and oxygen atoms in total. The molecule has 3 rings (SSSR count). The first-order valence-corrected chi connectivity index (χ1v) is 9.36. The van der Waals surface area contributed by atoms with E-state index in [0.29, 0.717) is 6.42 Å². The van der Waals surface area contributed by atoms with Gasteiger partial charge in [-0.05, 0) is 60.4 Å². The van der Waals surface area contributed by atoms with E-state index in [-0.39, 0.29) is 5.97 Å². The second-order valence-corrected chi connectivity index (χ2v) is 7.15. The molecule has 0 N–H and O–H groups in total. The second kappa shape index (κ2) is 8.41. The van der Waals surface area contributed by atoms with E-state index >= 15 is 0 Å². The molecule has 0 saturated carbocycles. The lowest BCUT2D eigenvalue weighted by Gasteiger charge is -2.29. The Labute approximate surface area is 162 Å². The highest BCUT2D eigenvalue weighted by Gasteiger charge is 2.18. The number of nitrogens with zero attached hydrogens (tertiary/aromatic N) is 1. The minimum Gasteiger partial charge on any atom is -0.497 e. The molecule has 0 radical (unpaired) electrons. The van der Waals surface area contributed by atoms with Gasteiger partial charge in [-0.1, -0.05) is 28.1 Å². The molecule has 2 aromatic rings. The van der Waals surface area contributed by atoms with Gasteiger partial charge in [0.05, 0.1) is 14.2 Å². The van der Waals surface area contributed by atoms with E-state index < -0.39 is 0 Å². The molecule has 2 aromatic carbocycles. The molecule has 0 unspecified atom stereocenters. The number of benzene rings is 2. The van der Waals surface area contributed by atoms with Crippen molar-refractivity contribution in [2.45, 2.75) is 19.4 Å². The standard InChI is InChI=1S/C21H22BrNO3/c1-25-19-8-5-15(6-9-19)14-23-11-3-4-16(21(24)26-2)12-17-13-18(22)7-10-20(17)23/h5-10,12-13H,3-4,11,14H2,1-2H3/b16-12+. The lowest BCUT2D eigenvalue weighted by atomic mass is 10.0. The van der Waals surface area contributed by atoms with Gasteiger partial charge in [0.25, 0.3) is 0 Å². The number of carbonyl (C=O) groups excluding carboxylic acids is 1. The van der Waals surface area contributed by atoms with Crippen LogP contribution in [0.4, 0.5) is 5.69 Å². The predicted octanol–water partition coefficient (Wildman–Crippen LogP) is 4.81. The van der Waals surface area contributed by atoms with Crippen LogP contribution in [-0.4, -0.2) is 26.7 Å². The first-order valence-electron chi connectivity index (χ1n) is 8.57. The average molecular weight is 416 g/mol. The van der Waals surface area contributed by atoms with Gasteiger partial charge in [0, 0.05) is 28.8 Å². The number of halogens is 1. The number of methoxy groups -OCH3 is 2. The molecule has 0 aliphatic carbocycles. The molecule has 0 fully saturated rings. The van der Waals surface area contributed by atoms with Crippen LogP contribution in [0.5, 0.6) is 5.75 Å². The highest BCUT2D eigenvalue weighted by atomic mass is 79.9. The molecule has 0 amide bonds. The Morgan fingerprint density at radius 2 is 1.92 bits per heavy atom. The van der Waals surface area contributed by atoms with Crippen molar-refractivity contribution in [3.63, 3.8) is 0 Å². The van der Waals surface area contributed by atoms with E-state index in [1.165, 1.54) is 12.7 Å². The molecule has 0 saturated heterocycles. The number of esters is 1. The second-order valence-electron chi connectivity index (χ2n) is 6.24. The van der Waals surface area contributed by atoms with E-state index in [0.717, 1.165) is 46.6 Å². The molecule has 136 valence electrons. The molecule has 0 aromatic heterocycles. The topological polar surface area (TPSA) is 38.8 Å². The minimum atomic E-state index is -0.250. The molecule has 0 atom stereocenters. The third-order valence-corrected chi connectivity index (χ3v) is 5.01. The highest BCUT2D eigenvalue weighted by molar-refractivity contribution is 9.10. The van der Waals surface area contributed by atoms with Crippen LogP contribution in [0.15, 0.2) is 52.5 Å². The summed E-state index contributed by atoms with van der Waals surface area (Å²) >= 11 is 3.53. The van der Waals surface area contributed by atoms with Crippen molar-refractivity contribution in [3.8, 4) is 5.75 Å². The van der Waals surface area contributed by atoms with Crippen molar-refractivity contribution in [2.24, 2.45) is 0 Å². The lowest BCUT2D eigenvalue weighted by Crippen LogP contribution is -2.26. The van der Waals surface area contributed by atoms with Gasteiger partial charge in [-0.2, -0.15) is 0 Å². The monoisotopic (exact) mass is 415 g/mol. The first kappa shape index (κ1) is 18.5. The van der Waals surface area contributed by atoms with Gasteiger partial charge in [0.15, 0.2) is 0 Å². The van der Waals surface area contributed by atoms with Crippen molar-refractivity contribution in [1.82, 2.24) is 0 Å². The normalized spacial score (nSPS) is 16.0. The fourth-order valence-electron chi connectivity index (χ4n) is 3.18. The van der Waals surface area contributed by atoms with Crippen molar-refractivity contribution >= 4 is 33.7 Å². The third kappa shape index (κ3) is 4.28. The van der Waals surface area contributed by atoms with Crippen LogP contribution < -0.4 is 9.64 Å². The number of hydrogen-bond acceptors (Lipinski definition) is 4. The largest absolute Gasteiger partial charge is 0.497 e. The summed E-state index contributed by atoms with van der Waals surface area (Å²) in [5.41, 5.74) is 4.08. The average Bonchev–Trinajstić information content (AvgIpc) is 2.65. The van der Waals surface area contributed by atoms with Crippen LogP contribution in [-0.2, 0) is 16.1 Å². The van der Waals surface area contributed by atoms with Crippen LogP contribution in [0, 0.1) is 0 Å². The molecular weight excluding hydrogens is 394 g/mol. The summed E-state index contributed by atoms with van der Waals surface area (Å²) < 4.78 is 11.2. The molecular formula is C21H22BrNO3. The van der Waals surface area contributed by atoms with Gasteiger partial charge in [-0.3, -0.25) is 0 Å². The number of carbonyl (C=O) groups is 1. The molecule has 1 heterocycles. The first-order chi connectivity index (χ1) is 12.6. The number of hydrogen-bond donors (Lipinski definition) is 0. The maximum atomic E-state index is 12.0. The Kier molecular flexibility index (Phi) is 5.99. The Bertz CT molecular complexity index is 815. The van der Waals surface area contributed by atoms with E-state index in [1.807, 2.05) is 30.3 Å². The summed E-state index contributed by atoms with van der Waals surface area (Å²) in [6.45, 7) is 1.68. The van der Waals surface area contributed by atoms with Gasteiger partial charge < -0.3 is 14.4 Å². The fraction of sp³-hybridized carbons (Fsp3) is 0.286. The van der Waals surface area contributed by atoms with E-state index in [9.17, 15) is 4.79 Å². The highest BCUT2D eigenvalue weighted by Crippen LogP contribution is 2.31. The van der Waals surface area contributed by atoms with Gasteiger partial charge in [0.2, 0.25) is 0 Å². The van der Waals surface area contributed by atoms with Crippen molar-refractivity contribution in [1.29, 1.82) is 0 Å². The van der Waals surface area contributed by atoms with Gasteiger partial charge in [-0.15, -0.1) is 0 Å². The maximum absolute atomic E-state index is 12.0. The zero-order valence-electron chi connectivity index (χ0n) is 15.0. The van der Waals surface area contributed by atoms with E-state index in [2.05, 4.69) is 39.0 Å². The summed E-state index contributed by atoms with van der Waals surface area (Å²) in [6.07, 6.45) is 3.55. The van der Waals surface area contributed by atoms with E-state index in [1.54, 1.807) is 7.11 Å². The summed E-state index contributed by atoms with van der Waals surface area (Å²) in [5.74, 6) is 0.607. The molecule has 5 heteroatoms. The Hall–Kier alpha value is -2.27. The third-order valence-electron chi connectivity index (χ3n) is 4.51. The Morgan fingerprint density at radius 1 is 1.15 bits per heavy atom. The Morgan fingerprint density at radius 3 is 2.62 bits per heavy atom. The van der Waals surface area contributed by atoms with Crippen molar-refractivity contribution < 1.29 is 14.3 Å². The lowest BCUT2D eigenvalue weighted by molar-refractivity contribution is -0.136. The van der Waals surface area contributed by atoms with Crippen LogP contribution >= 0.6 is 15.9 Å².